The molecule has 0 bridgehead atoms. The third-order valence-electron chi connectivity index (χ3n) is 5.61. The first kappa shape index (κ1) is 21.5. The van der Waals surface area contributed by atoms with E-state index >= 15 is 0 Å². The van der Waals surface area contributed by atoms with Crippen molar-refractivity contribution in [2.45, 2.75) is 36.8 Å². The van der Waals surface area contributed by atoms with Crippen LogP contribution in [-0.4, -0.2) is 41.1 Å². The van der Waals surface area contributed by atoms with E-state index in [0.29, 0.717) is 29.8 Å². The van der Waals surface area contributed by atoms with Gasteiger partial charge in [0.1, 0.15) is 11.7 Å². The fourth-order valence-corrected chi connectivity index (χ4v) is 4.06. The van der Waals surface area contributed by atoms with Crippen LogP contribution in [0.3, 0.4) is 0 Å². The van der Waals surface area contributed by atoms with Crippen LogP contribution in [-0.2, 0) is 11.0 Å². The number of halogens is 5. The summed E-state index contributed by atoms with van der Waals surface area (Å²) in [5.41, 5.74) is 0.0342. The number of rotatable bonds is 2. The zero-order chi connectivity index (χ0) is 20.1. The maximum absolute atomic E-state index is 14.8. The fourth-order valence-electron chi connectivity index (χ4n) is 4.06. The lowest BCUT2D eigenvalue weighted by molar-refractivity contribution is -0.137. The summed E-state index contributed by atoms with van der Waals surface area (Å²) in [6.07, 6.45) is -3.53. The van der Waals surface area contributed by atoms with Crippen molar-refractivity contribution in [3.63, 3.8) is 0 Å². The highest BCUT2D eigenvalue weighted by Crippen LogP contribution is 2.41. The molecule has 2 aliphatic rings. The van der Waals surface area contributed by atoms with Gasteiger partial charge in [-0.2, -0.15) is 13.2 Å². The monoisotopic (exact) mass is 429 g/mol. The van der Waals surface area contributed by atoms with Gasteiger partial charge in [-0.15, -0.1) is 12.4 Å². The minimum Gasteiger partial charge on any atom is -0.344 e. The molecule has 0 saturated carbocycles. The molecule has 3 heterocycles. The molecule has 2 fully saturated rings. The molecule has 2 saturated heterocycles. The molecule has 0 aliphatic carbocycles. The molecule has 1 aromatic carbocycles. The van der Waals surface area contributed by atoms with Crippen molar-refractivity contribution in [1.29, 1.82) is 0 Å². The highest BCUT2D eigenvalue weighted by atomic mass is 35.5. The van der Waals surface area contributed by atoms with Gasteiger partial charge in [0.15, 0.2) is 0 Å². The Morgan fingerprint density at radius 2 is 1.86 bits per heavy atom. The summed E-state index contributed by atoms with van der Waals surface area (Å²) in [6, 6.07) is 7.40. The zero-order valence-corrected chi connectivity index (χ0v) is 16.4. The van der Waals surface area contributed by atoms with Crippen LogP contribution in [0.5, 0.6) is 0 Å². The molecule has 1 aromatic heterocycles. The molecule has 1 spiro atoms. The quantitative estimate of drug-likeness (QED) is 0.729. The van der Waals surface area contributed by atoms with Crippen LogP contribution in [0.25, 0.3) is 11.1 Å². The molecule has 0 radical (unpaired) electrons. The molecular formula is C20H20ClF4N3O. The van der Waals surface area contributed by atoms with Gasteiger partial charge in [0.05, 0.1) is 17.3 Å². The molecule has 9 heteroatoms. The molecule has 2 aromatic rings. The second-order valence-corrected chi connectivity index (χ2v) is 7.45. The molecule has 4 nitrogen and oxygen atoms in total. The lowest BCUT2D eigenvalue weighted by atomic mass is 9.95. The number of nitrogens with zero attached hydrogens (tertiary/aromatic N) is 2. The number of alkyl halides is 4. The van der Waals surface area contributed by atoms with Crippen LogP contribution >= 0.6 is 12.4 Å². The Balaban J connectivity index is 0.00000240. The lowest BCUT2D eigenvalue weighted by Crippen LogP contribution is -2.47. The number of benzene rings is 1. The van der Waals surface area contributed by atoms with Gasteiger partial charge in [-0.3, -0.25) is 15.1 Å². The predicted molar refractivity (Wildman–Crippen MR) is 102 cm³/mol. The molecule has 29 heavy (non-hydrogen) atoms. The van der Waals surface area contributed by atoms with Gasteiger partial charge in [-0.25, -0.2) is 4.39 Å². The second kappa shape index (κ2) is 7.57. The van der Waals surface area contributed by atoms with Crippen molar-refractivity contribution in [2.24, 2.45) is 0 Å². The summed E-state index contributed by atoms with van der Waals surface area (Å²) in [4.78, 5) is 18.3. The van der Waals surface area contributed by atoms with Crippen LogP contribution in [0.2, 0.25) is 0 Å². The van der Waals surface area contributed by atoms with E-state index in [2.05, 4.69) is 10.3 Å². The van der Waals surface area contributed by atoms with E-state index in [4.69, 9.17) is 0 Å². The van der Waals surface area contributed by atoms with E-state index in [9.17, 15) is 22.4 Å². The number of hydrogen-bond donors (Lipinski definition) is 1. The average Bonchev–Trinajstić information content (AvgIpc) is 3.15. The van der Waals surface area contributed by atoms with Gasteiger partial charge >= 0.3 is 6.18 Å². The minimum atomic E-state index is -4.40. The second-order valence-electron chi connectivity index (χ2n) is 7.45. The summed E-state index contributed by atoms with van der Waals surface area (Å²) in [5.74, 6) is -0.114. The normalized spacial score (nSPS) is 26.8. The SMILES string of the molecule is CN1CC[C@@]2(C[C@H](F)[C@H](c3cc(-c4ccc(C(F)(F)F)cc4)ccn3)N2)C1=O.Cl. The summed E-state index contributed by atoms with van der Waals surface area (Å²) in [7, 11) is 1.70. The fraction of sp³-hybridized carbons (Fsp3) is 0.400. The van der Waals surface area contributed by atoms with E-state index in [1.165, 1.54) is 18.3 Å². The Bertz CT molecular complexity index is 905. The number of amides is 1. The Morgan fingerprint density at radius 3 is 2.45 bits per heavy atom. The zero-order valence-electron chi connectivity index (χ0n) is 15.5. The number of aromatic nitrogens is 1. The topological polar surface area (TPSA) is 45.2 Å². The molecule has 3 atom stereocenters. The number of likely N-dealkylation sites (N-methyl/N-ethyl adjacent to an activating group) is 1. The minimum absolute atomic E-state index is 0. The van der Waals surface area contributed by atoms with Crippen LogP contribution in [0, 0.1) is 0 Å². The Labute approximate surface area is 171 Å². The average molecular weight is 430 g/mol. The molecule has 156 valence electrons. The highest BCUT2D eigenvalue weighted by Gasteiger charge is 2.54. The lowest BCUT2D eigenvalue weighted by Gasteiger charge is -2.22. The van der Waals surface area contributed by atoms with Crippen LogP contribution < -0.4 is 5.32 Å². The Kier molecular flexibility index (Phi) is 5.62. The molecule has 2 aliphatic heterocycles. The maximum atomic E-state index is 14.8. The van der Waals surface area contributed by atoms with Crippen molar-refractivity contribution in [2.75, 3.05) is 13.6 Å². The Morgan fingerprint density at radius 1 is 1.17 bits per heavy atom. The number of pyridine rings is 1. The van der Waals surface area contributed by atoms with Gasteiger partial charge in [0.2, 0.25) is 5.91 Å². The van der Waals surface area contributed by atoms with Crippen molar-refractivity contribution in [3.8, 4) is 11.1 Å². The van der Waals surface area contributed by atoms with Gasteiger partial charge < -0.3 is 4.90 Å². The van der Waals surface area contributed by atoms with Gasteiger partial charge in [-0.1, -0.05) is 12.1 Å². The summed E-state index contributed by atoms with van der Waals surface area (Å²) < 4.78 is 53.0. The predicted octanol–water partition coefficient (Wildman–Crippen LogP) is 4.16. The van der Waals surface area contributed by atoms with Crippen LogP contribution in [0.15, 0.2) is 42.6 Å². The first-order valence-electron chi connectivity index (χ1n) is 9.00. The standard InChI is InChI=1S/C20H19F4N3O.ClH/c1-27-9-7-19(18(27)28)11-15(21)17(26-19)16-10-13(6-8-25-16)12-2-4-14(5-3-12)20(22,23)24;/h2-6,8,10,15,17,26H,7,9,11H2,1H3;1H/t15-,17+,19+;/m0./s1. The largest absolute Gasteiger partial charge is 0.416 e. The van der Waals surface area contributed by atoms with E-state index < -0.39 is 29.5 Å². The number of carbonyl (C=O) groups is 1. The number of carbonyl (C=O) groups excluding carboxylic acids is 1. The number of likely N-dealkylation sites (tertiary alicyclic amines) is 1. The maximum Gasteiger partial charge on any atom is 0.416 e. The summed E-state index contributed by atoms with van der Waals surface area (Å²) in [6.45, 7) is 0.574. The first-order chi connectivity index (χ1) is 13.2. The third kappa shape index (κ3) is 3.83. The molecule has 1 amide bonds. The summed E-state index contributed by atoms with van der Waals surface area (Å²) in [5, 5.41) is 3.14. The first-order valence-corrected chi connectivity index (χ1v) is 9.00. The van der Waals surface area contributed by atoms with E-state index in [1.807, 2.05) is 0 Å². The molecular weight excluding hydrogens is 410 g/mol. The van der Waals surface area contributed by atoms with Gasteiger partial charge in [-0.05, 0) is 41.8 Å². The third-order valence-corrected chi connectivity index (χ3v) is 5.61. The smallest absolute Gasteiger partial charge is 0.344 e. The molecule has 0 unspecified atom stereocenters. The number of hydrogen-bond acceptors (Lipinski definition) is 3. The van der Waals surface area contributed by atoms with E-state index in [0.717, 1.165) is 12.1 Å². The van der Waals surface area contributed by atoms with Crippen LogP contribution in [0.4, 0.5) is 17.6 Å². The number of nitrogens with one attached hydrogen (secondary N) is 1. The van der Waals surface area contributed by atoms with Gasteiger partial charge in [0, 0.05) is 26.2 Å². The van der Waals surface area contributed by atoms with Gasteiger partial charge in [0.25, 0.3) is 0 Å². The van der Waals surface area contributed by atoms with Crippen molar-refractivity contribution < 1.29 is 22.4 Å². The van der Waals surface area contributed by atoms with Crippen LogP contribution in [0.1, 0.15) is 30.1 Å². The highest BCUT2D eigenvalue weighted by molar-refractivity contribution is 5.89. The van der Waals surface area contributed by atoms with Crippen molar-refractivity contribution in [1.82, 2.24) is 15.2 Å². The van der Waals surface area contributed by atoms with Crippen molar-refractivity contribution >= 4 is 18.3 Å². The Hall–Kier alpha value is -2.19. The van der Waals surface area contributed by atoms with E-state index in [1.54, 1.807) is 24.1 Å². The summed E-state index contributed by atoms with van der Waals surface area (Å²) >= 11 is 0. The van der Waals surface area contributed by atoms with E-state index in [-0.39, 0.29) is 24.7 Å². The molecule has 4 rings (SSSR count). The molecule has 1 N–H and O–H groups in total. The van der Waals surface area contributed by atoms with Crippen molar-refractivity contribution in [3.05, 3.63) is 53.9 Å².